The van der Waals surface area contributed by atoms with Gasteiger partial charge in [-0.3, -0.25) is 0 Å². The lowest BCUT2D eigenvalue weighted by molar-refractivity contribution is 0.302. The van der Waals surface area contributed by atoms with Crippen LogP contribution in [0.1, 0.15) is 20.3 Å². The van der Waals surface area contributed by atoms with Crippen LogP contribution < -0.4 is 5.73 Å². The van der Waals surface area contributed by atoms with E-state index >= 15 is 0 Å². The Morgan fingerprint density at radius 3 is 1.91 bits per heavy atom. The molecule has 2 N–H and O–H groups in total. The summed E-state index contributed by atoms with van der Waals surface area (Å²) in [5, 5.41) is 0. The van der Waals surface area contributed by atoms with Gasteiger partial charge >= 0.3 is 0 Å². The van der Waals surface area contributed by atoms with E-state index in [4.69, 9.17) is 5.73 Å². The van der Waals surface area contributed by atoms with Gasteiger partial charge in [0, 0.05) is 0 Å². The van der Waals surface area contributed by atoms with E-state index in [9.17, 15) is 0 Å². The molecule has 0 amide bonds. The van der Waals surface area contributed by atoms with Crippen LogP contribution in [0.4, 0.5) is 0 Å². The van der Waals surface area contributed by atoms with Crippen LogP contribution in [0.3, 0.4) is 0 Å². The van der Waals surface area contributed by atoms with Gasteiger partial charge in [0.15, 0.2) is 0 Å². The summed E-state index contributed by atoms with van der Waals surface area (Å²) in [7, 11) is 0. The minimum Gasteiger partial charge on any atom is -0.330 e. The highest BCUT2D eigenvalue weighted by Gasteiger charge is 1.94. The molecule has 0 radical (unpaired) electrons. The van der Waals surface area contributed by atoms with Crippen LogP contribution >= 0.6 is 0 Å². The maximum Gasteiger partial charge on any atom is -0.000695 e. The lowest BCUT2D eigenvalue weighted by Gasteiger charge is -2.16. The second-order valence-electron chi connectivity index (χ2n) is 2.17. The van der Waals surface area contributed by atoms with Gasteiger partial charge in [0.05, 0.1) is 0 Å². The molecule has 0 aliphatic rings. The fourth-order valence-corrected chi connectivity index (χ4v) is 0.855. The topological polar surface area (TPSA) is 29.3 Å². The molecule has 11 heavy (non-hydrogen) atoms. The largest absolute Gasteiger partial charge is 0.330 e. The standard InChI is InChI=1S/C7H18N2.C2H4/c1-3-9(4-2)7-5-6-8;1-2/h3-8H2,1-2H3;1-2H2. The summed E-state index contributed by atoms with van der Waals surface area (Å²) in [6.07, 6.45) is 1.13. The van der Waals surface area contributed by atoms with Crippen molar-refractivity contribution in [1.29, 1.82) is 0 Å². The van der Waals surface area contributed by atoms with Gasteiger partial charge in [0.25, 0.3) is 0 Å². The summed E-state index contributed by atoms with van der Waals surface area (Å²) in [6.45, 7) is 14.6. The molecule has 0 saturated carbocycles. The molecular formula is C9H22N2. The van der Waals surface area contributed by atoms with Gasteiger partial charge in [-0.15, -0.1) is 13.2 Å². The molecule has 0 aliphatic carbocycles. The summed E-state index contributed by atoms with van der Waals surface area (Å²) in [4.78, 5) is 2.38. The summed E-state index contributed by atoms with van der Waals surface area (Å²) < 4.78 is 0. The third-order valence-electron chi connectivity index (χ3n) is 1.57. The molecule has 0 aromatic rings. The number of hydrogen-bond acceptors (Lipinski definition) is 2. The summed E-state index contributed by atoms with van der Waals surface area (Å²) in [6, 6.07) is 0. The molecule has 68 valence electrons. The van der Waals surface area contributed by atoms with Gasteiger partial charge in [-0.05, 0) is 32.6 Å². The molecule has 0 heterocycles. The van der Waals surface area contributed by atoms with Crippen molar-refractivity contribution in [1.82, 2.24) is 4.90 Å². The fourth-order valence-electron chi connectivity index (χ4n) is 0.855. The Bertz CT molecular complexity index is 60.6. The van der Waals surface area contributed by atoms with E-state index in [0.29, 0.717) is 0 Å². The van der Waals surface area contributed by atoms with E-state index in [1.165, 1.54) is 0 Å². The van der Waals surface area contributed by atoms with Crippen LogP contribution in [0.5, 0.6) is 0 Å². The average Bonchev–Trinajstić information content (AvgIpc) is 2.10. The number of nitrogens with two attached hydrogens (primary N) is 1. The lowest BCUT2D eigenvalue weighted by Crippen LogP contribution is -2.25. The van der Waals surface area contributed by atoms with Gasteiger partial charge in [-0.25, -0.2) is 0 Å². The fraction of sp³-hybridized carbons (Fsp3) is 0.778. The van der Waals surface area contributed by atoms with E-state index in [1.807, 2.05) is 0 Å². The summed E-state index contributed by atoms with van der Waals surface area (Å²) >= 11 is 0. The monoisotopic (exact) mass is 158 g/mol. The molecule has 2 nitrogen and oxygen atoms in total. The molecule has 0 aromatic heterocycles. The minimum absolute atomic E-state index is 0.816. The molecule has 0 fully saturated rings. The van der Waals surface area contributed by atoms with Gasteiger partial charge < -0.3 is 10.6 Å². The first-order chi connectivity index (χ1) is 5.35. The van der Waals surface area contributed by atoms with Crippen molar-refractivity contribution in [3.05, 3.63) is 13.2 Å². The predicted octanol–water partition coefficient (Wildman–Crippen LogP) is 1.48. The van der Waals surface area contributed by atoms with Crippen LogP contribution in [0, 0.1) is 0 Å². The third kappa shape index (κ3) is 9.66. The normalized spacial score (nSPS) is 9.09. The Morgan fingerprint density at radius 2 is 1.64 bits per heavy atom. The minimum atomic E-state index is 0.816. The van der Waals surface area contributed by atoms with Crippen molar-refractivity contribution in [3.8, 4) is 0 Å². The van der Waals surface area contributed by atoms with Gasteiger partial charge in [0.2, 0.25) is 0 Å². The molecule has 0 unspecified atom stereocenters. The predicted molar refractivity (Wildman–Crippen MR) is 52.7 cm³/mol. The number of nitrogens with zero attached hydrogens (tertiary/aromatic N) is 1. The van der Waals surface area contributed by atoms with Crippen molar-refractivity contribution in [3.63, 3.8) is 0 Å². The molecular weight excluding hydrogens is 136 g/mol. The van der Waals surface area contributed by atoms with E-state index < -0.39 is 0 Å². The van der Waals surface area contributed by atoms with Crippen LogP contribution in [-0.2, 0) is 0 Å². The second kappa shape index (κ2) is 12.3. The number of rotatable bonds is 5. The zero-order valence-corrected chi connectivity index (χ0v) is 7.97. The quantitative estimate of drug-likeness (QED) is 0.614. The average molecular weight is 158 g/mol. The highest BCUT2D eigenvalue weighted by atomic mass is 15.1. The lowest BCUT2D eigenvalue weighted by atomic mass is 10.4. The summed E-state index contributed by atoms with van der Waals surface area (Å²) in [5.41, 5.74) is 5.36. The SMILES string of the molecule is C=C.CCN(CC)CCCN. The van der Waals surface area contributed by atoms with Crippen molar-refractivity contribution < 1.29 is 0 Å². The Hall–Kier alpha value is -0.340. The Kier molecular flexibility index (Phi) is 14.9. The number of hydrogen-bond donors (Lipinski definition) is 1. The summed E-state index contributed by atoms with van der Waals surface area (Å²) in [5.74, 6) is 0. The van der Waals surface area contributed by atoms with Crippen LogP contribution in [-0.4, -0.2) is 31.1 Å². The molecule has 0 aromatic carbocycles. The van der Waals surface area contributed by atoms with Crippen molar-refractivity contribution in [2.24, 2.45) is 5.73 Å². The maximum atomic E-state index is 5.36. The van der Waals surface area contributed by atoms with Gasteiger partial charge in [-0.1, -0.05) is 13.8 Å². The van der Waals surface area contributed by atoms with E-state index in [1.54, 1.807) is 0 Å². The molecule has 2 heteroatoms. The van der Waals surface area contributed by atoms with Crippen LogP contribution in [0.2, 0.25) is 0 Å². The zero-order chi connectivity index (χ0) is 9.11. The second-order valence-corrected chi connectivity index (χ2v) is 2.17. The van der Waals surface area contributed by atoms with E-state index in [2.05, 4.69) is 31.9 Å². The molecule has 0 aliphatic heterocycles. The third-order valence-corrected chi connectivity index (χ3v) is 1.57. The van der Waals surface area contributed by atoms with E-state index in [-0.39, 0.29) is 0 Å². The first-order valence-electron chi connectivity index (χ1n) is 4.27. The highest BCUT2D eigenvalue weighted by Crippen LogP contribution is 1.87. The van der Waals surface area contributed by atoms with Crippen molar-refractivity contribution >= 4 is 0 Å². The smallest absolute Gasteiger partial charge is 0.000695 e. The maximum absolute atomic E-state index is 5.36. The first-order valence-corrected chi connectivity index (χ1v) is 4.27. The Morgan fingerprint density at radius 1 is 1.18 bits per heavy atom. The van der Waals surface area contributed by atoms with E-state index in [0.717, 1.165) is 32.6 Å². The van der Waals surface area contributed by atoms with Crippen molar-refractivity contribution in [2.45, 2.75) is 20.3 Å². The van der Waals surface area contributed by atoms with Crippen LogP contribution in [0.25, 0.3) is 0 Å². The molecule has 0 saturated heterocycles. The van der Waals surface area contributed by atoms with Crippen molar-refractivity contribution in [2.75, 3.05) is 26.2 Å². The zero-order valence-electron chi connectivity index (χ0n) is 7.97. The molecule has 0 atom stereocenters. The highest BCUT2D eigenvalue weighted by molar-refractivity contribution is 4.51. The first kappa shape index (κ1) is 13.3. The molecule has 0 rings (SSSR count). The molecule has 0 spiro atoms. The van der Waals surface area contributed by atoms with Crippen LogP contribution in [0.15, 0.2) is 13.2 Å². The Balaban J connectivity index is 0. The molecule has 0 bridgehead atoms. The van der Waals surface area contributed by atoms with Gasteiger partial charge in [-0.2, -0.15) is 0 Å². The van der Waals surface area contributed by atoms with Gasteiger partial charge in [0.1, 0.15) is 0 Å². The Labute approximate surface area is 71.1 Å².